The first-order valence-electron chi connectivity index (χ1n) is 9.95. The molecule has 2 aliphatic rings. The van der Waals surface area contributed by atoms with Crippen molar-refractivity contribution in [3.05, 3.63) is 40.8 Å². The molecule has 1 amide bonds. The summed E-state index contributed by atoms with van der Waals surface area (Å²) in [5, 5.41) is 1.16. The van der Waals surface area contributed by atoms with E-state index in [1.807, 2.05) is 36.1 Å². The van der Waals surface area contributed by atoms with Gasteiger partial charge in [-0.25, -0.2) is 13.1 Å². The number of aryl methyl sites for hydroxylation is 1. The number of nitrogens with one attached hydrogen (secondary N) is 1. The van der Waals surface area contributed by atoms with Crippen LogP contribution in [0.1, 0.15) is 49.7 Å². The lowest BCUT2D eigenvalue weighted by molar-refractivity contribution is -0.134. The highest BCUT2D eigenvalue weighted by Gasteiger charge is 2.32. The predicted octanol–water partition coefficient (Wildman–Crippen LogP) is 3.31. The number of piperidine rings is 1. The van der Waals surface area contributed by atoms with E-state index < -0.39 is 10.0 Å². The van der Waals surface area contributed by atoms with Crippen molar-refractivity contribution >= 4 is 22.0 Å². The number of sulfonamides is 1. The Kier molecular flexibility index (Phi) is 6.71. The smallest absolute Gasteiger partial charge is 0.233 e. The van der Waals surface area contributed by atoms with E-state index in [0.29, 0.717) is 5.92 Å². The monoisotopic (exact) mass is 390 g/mol. The fourth-order valence-corrected chi connectivity index (χ4v) is 5.00. The van der Waals surface area contributed by atoms with Crippen molar-refractivity contribution in [2.45, 2.75) is 45.4 Å². The first-order chi connectivity index (χ1) is 12.9. The van der Waals surface area contributed by atoms with Crippen LogP contribution in [0.15, 0.2) is 29.7 Å². The van der Waals surface area contributed by atoms with Crippen molar-refractivity contribution in [1.82, 2.24) is 9.62 Å². The van der Waals surface area contributed by atoms with E-state index in [-0.39, 0.29) is 18.9 Å². The number of hydrogen-bond donors (Lipinski definition) is 1. The van der Waals surface area contributed by atoms with Gasteiger partial charge in [0.05, 0.1) is 0 Å². The maximum atomic E-state index is 12.4. The Morgan fingerprint density at radius 2 is 1.85 bits per heavy atom. The maximum absolute atomic E-state index is 12.4. The number of fused-ring (bicyclic) bond motifs is 1. The van der Waals surface area contributed by atoms with Crippen LogP contribution in [0.2, 0.25) is 0 Å². The summed E-state index contributed by atoms with van der Waals surface area (Å²) in [5.74, 6) is 1.49. The number of carbonyl (C=O) groups is 1. The lowest BCUT2D eigenvalue weighted by atomic mass is 9.75. The first kappa shape index (κ1) is 20.1. The lowest BCUT2D eigenvalue weighted by Crippen LogP contribution is -2.45. The summed E-state index contributed by atoms with van der Waals surface area (Å²) < 4.78 is 26.7. The molecule has 1 heterocycles. The molecule has 27 heavy (non-hydrogen) atoms. The zero-order chi connectivity index (χ0) is 19.3. The molecule has 0 unspecified atom stereocenters. The van der Waals surface area contributed by atoms with Crippen LogP contribution in [-0.4, -0.2) is 38.9 Å². The Bertz CT molecular complexity index is 771. The van der Waals surface area contributed by atoms with Gasteiger partial charge in [-0.05, 0) is 43.2 Å². The second-order valence-electron chi connectivity index (χ2n) is 7.84. The third kappa shape index (κ3) is 5.91. The van der Waals surface area contributed by atoms with E-state index >= 15 is 0 Å². The highest BCUT2D eigenvalue weighted by atomic mass is 32.2. The number of amides is 1. The summed E-state index contributed by atoms with van der Waals surface area (Å²) >= 11 is 0. The average Bonchev–Trinajstić information content (AvgIpc) is 2.67. The molecular formula is C21H30N2O3S. The van der Waals surface area contributed by atoms with Crippen molar-refractivity contribution in [2.24, 2.45) is 11.8 Å². The van der Waals surface area contributed by atoms with Gasteiger partial charge in [-0.1, -0.05) is 49.1 Å². The van der Waals surface area contributed by atoms with E-state index in [1.165, 1.54) is 25.7 Å². The molecule has 1 aliphatic carbocycles. The van der Waals surface area contributed by atoms with Crippen LogP contribution in [0.3, 0.4) is 0 Å². The van der Waals surface area contributed by atoms with Gasteiger partial charge >= 0.3 is 0 Å². The molecule has 5 nitrogen and oxygen atoms in total. The number of rotatable bonds is 6. The summed E-state index contributed by atoms with van der Waals surface area (Å²) in [6.07, 6.45) is 8.02. The Morgan fingerprint density at radius 3 is 2.59 bits per heavy atom. The van der Waals surface area contributed by atoms with Crippen LogP contribution in [0.5, 0.6) is 0 Å². The van der Waals surface area contributed by atoms with Gasteiger partial charge in [0, 0.05) is 31.5 Å². The van der Waals surface area contributed by atoms with E-state index in [1.54, 1.807) is 6.08 Å². The van der Waals surface area contributed by atoms with Crippen molar-refractivity contribution in [2.75, 3.05) is 19.6 Å². The van der Waals surface area contributed by atoms with E-state index in [4.69, 9.17) is 0 Å². The minimum Gasteiger partial charge on any atom is -0.342 e. The molecular weight excluding hydrogens is 360 g/mol. The molecule has 2 fully saturated rings. The zero-order valence-corrected chi connectivity index (χ0v) is 16.9. The number of benzene rings is 1. The van der Waals surface area contributed by atoms with E-state index in [0.717, 1.165) is 42.0 Å². The van der Waals surface area contributed by atoms with Crippen molar-refractivity contribution in [3.63, 3.8) is 0 Å². The minimum absolute atomic E-state index is 0.0595. The van der Waals surface area contributed by atoms with Gasteiger partial charge in [0.1, 0.15) is 0 Å². The lowest BCUT2D eigenvalue weighted by Gasteiger charge is -2.41. The standard InChI is InChI=1S/C21H30N2O3S/c1-17-6-8-18(9-7-17)12-15-27(25,26)22-13-10-21(24)23-14-11-19-4-2-3-5-20(19)16-23/h6-9,12,15,19-20,22H,2-5,10-11,13-14,16H2,1H3/b15-12+/t19-,20-/m0/s1. The number of nitrogens with zero attached hydrogens (tertiary/aromatic N) is 1. The largest absolute Gasteiger partial charge is 0.342 e. The quantitative estimate of drug-likeness (QED) is 0.810. The van der Waals surface area contributed by atoms with Gasteiger partial charge in [-0.2, -0.15) is 0 Å². The summed E-state index contributed by atoms with van der Waals surface area (Å²) in [5.41, 5.74) is 1.96. The number of carbonyl (C=O) groups excluding carboxylic acids is 1. The molecule has 0 radical (unpaired) electrons. The summed E-state index contributed by atoms with van der Waals surface area (Å²) in [6, 6.07) is 7.63. The highest BCUT2D eigenvalue weighted by Crippen LogP contribution is 2.36. The van der Waals surface area contributed by atoms with E-state index in [9.17, 15) is 13.2 Å². The molecule has 1 saturated carbocycles. The van der Waals surface area contributed by atoms with Crippen LogP contribution in [0, 0.1) is 18.8 Å². The first-order valence-corrected chi connectivity index (χ1v) is 11.5. The molecule has 6 heteroatoms. The van der Waals surface area contributed by atoms with Gasteiger partial charge in [-0.15, -0.1) is 0 Å². The van der Waals surface area contributed by atoms with Crippen molar-refractivity contribution < 1.29 is 13.2 Å². The second kappa shape index (κ2) is 9.02. The molecule has 0 aromatic heterocycles. The topological polar surface area (TPSA) is 66.5 Å². The summed E-state index contributed by atoms with van der Waals surface area (Å²) in [6.45, 7) is 3.80. The Morgan fingerprint density at radius 1 is 1.15 bits per heavy atom. The molecule has 1 aliphatic heterocycles. The molecule has 1 aromatic carbocycles. The molecule has 148 valence electrons. The van der Waals surface area contributed by atoms with Gasteiger partial charge < -0.3 is 4.90 Å². The molecule has 2 atom stereocenters. The van der Waals surface area contributed by atoms with Crippen molar-refractivity contribution in [1.29, 1.82) is 0 Å². The van der Waals surface area contributed by atoms with Crippen LogP contribution in [-0.2, 0) is 14.8 Å². The minimum atomic E-state index is -3.54. The Balaban J connectivity index is 1.44. The molecule has 1 N–H and O–H groups in total. The number of hydrogen-bond acceptors (Lipinski definition) is 3. The molecule has 1 saturated heterocycles. The number of likely N-dealkylation sites (tertiary alicyclic amines) is 1. The van der Waals surface area contributed by atoms with Gasteiger partial charge in [0.2, 0.25) is 15.9 Å². The highest BCUT2D eigenvalue weighted by molar-refractivity contribution is 7.92. The maximum Gasteiger partial charge on any atom is 0.233 e. The van der Waals surface area contributed by atoms with Crippen LogP contribution >= 0.6 is 0 Å². The molecule has 3 rings (SSSR count). The van der Waals surface area contributed by atoms with Gasteiger partial charge in [0.15, 0.2) is 0 Å². The normalized spacial score (nSPS) is 23.4. The third-order valence-corrected chi connectivity index (χ3v) is 6.90. The second-order valence-corrected chi connectivity index (χ2v) is 9.49. The Labute approximate surface area is 162 Å². The third-order valence-electron chi connectivity index (χ3n) is 5.80. The SMILES string of the molecule is Cc1ccc(/C=C/S(=O)(=O)NCCC(=O)N2CC[C@@H]3CCCC[C@H]3C2)cc1. The molecule has 0 bridgehead atoms. The van der Waals surface area contributed by atoms with Gasteiger partial charge in [-0.3, -0.25) is 4.79 Å². The zero-order valence-electron chi connectivity index (χ0n) is 16.1. The van der Waals surface area contributed by atoms with Crippen molar-refractivity contribution in [3.8, 4) is 0 Å². The molecule has 0 spiro atoms. The fourth-order valence-electron chi connectivity index (χ4n) is 4.18. The Hall–Kier alpha value is -1.66. The summed E-state index contributed by atoms with van der Waals surface area (Å²) in [7, 11) is -3.54. The average molecular weight is 391 g/mol. The van der Waals surface area contributed by atoms with E-state index in [2.05, 4.69) is 4.72 Å². The van der Waals surface area contributed by atoms with Crippen LogP contribution < -0.4 is 4.72 Å². The van der Waals surface area contributed by atoms with Gasteiger partial charge in [0.25, 0.3) is 0 Å². The fraction of sp³-hybridized carbons (Fsp3) is 0.571. The van der Waals surface area contributed by atoms with Crippen LogP contribution in [0.25, 0.3) is 6.08 Å². The van der Waals surface area contributed by atoms with Crippen LogP contribution in [0.4, 0.5) is 0 Å². The summed E-state index contributed by atoms with van der Waals surface area (Å²) in [4.78, 5) is 14.4. The predicted molar refractivity (Wildman–Crippen MR) is 108 cm³/mol. The molecule has 1 aromatic rings.